The molecule has 3 aromatic rings. The number of aliphatic hydroxyl groups is 1. The Morgan fingerprint density at radius 2 is 1.76 bits per heavy atom. The lowest BCUT2D eigenvalue weighted by Crippen LogP contribution is -2.35. The second-order valence-corrected chi connectivity index (χ2v) is 12.6. The van der Waals surface area contributed by atoms with Crippen molar-refractivity contribution in [2.45, 2.75) is 49.2 Å². The van der Waals surface area contributed by atoms with Crippen molar-refractivity contribution in [2.24, 2.45) is 0 Å². The summed E-state index contributed by atoms with van der Waals surface area (Å²) in [5.41, 5.74) is -0.401. The third-order valence-corrected chi connectivity index (χ3v) is 9.11. The predicted molar refractivity (Wildman–Crippen MR) is 156 cm³/mol. The van der Waals surface area contributed by atoms with E-state index in [1.54, 1.807) is 4.90 Å². The molecule has 1 aliphatic heterocycles. The van der Waals surface area contributed by atoms with Crippen LogP contribution in [-0.4, -0.2) is 75.8 Å². The summed E-state index contributed by atoms with van der Waals surface area (Å²) in [7, 11) is -2.17. The topological polar surface area (TPSA) is 127 Å². The first-order chi connectivity index (χ1) is 21.7. The maximum absolute atomic E-state index is 13.2. The lowest BCUT2D eigenvalue weighted by atomic mass is 10.1. The summed E-state index contributed by atoms with van der Waals surface area (Å²) in [4.78, 5) is 19.3. The molecule has 46 heavy (non-hydrogen) atoms. The highest BCUT2D eigenvalue weighted by Gasteiger charge is 2.36. The van der Waals surface area contributed by atoms with E-state index in [2.05, 4.69) is 15.0 Å². The highest BCUT2D eigenvalue weighted by atomic mass is 32.2. The first-order valence-electron chi connectivity index (χ1n) is 14.1. The number of aromatic nitrogens is 1. The Morgan fingerprint density at radius 3 is 2.33 bits per heavy atom. The van der Waals surface area contributed by atoms with Gasteiger partial charge in [0.25, 0.3) is 5.91 Å². The molecule has 2 heterocycles. The zero-order valence-corrected chi connectivity index (χ0v) is 25.5. The van der Waals surface area contributed by atoms with Crippen LogP contribution in [0.2, 0.25) is 0 Å². The molecule has 250 valence electrons. The summed E-state index contributed by atoms with van der Waals surface area (Å²) in [6.07, 6.45) is -4.96. The number of methoxy groups -OCH3 is 1. The fourth-order valence-electron chi connectivity index (χ4n) is 4.96. The lowest BCUT2D eigenvalue weighted by molar-refractivity contribution is -0.137. The normalized spacial score (nSPS) is 17.6. The molecule has 10 nitrogen and oxygen atoms in total. The van der Waals surface area contributed by atoms with Crippen LogP contribution in [0.1, 0.15) is 40.9 Å². The van der Waals surface area contributed by atoms with E-state index < -0.39 is 65.5 Å². The van der Waals surface area contributed by atoms with Gasteiger partial charge in [0.2, 0.25) is 5.88 Å². The van der Waals surface area contributed by atoms with E-state index in [1.807, 2.05) is 0 Å². The highest BCUT2D eigenvalue weighted by Crippen LogP contribution is 2.33. The number of pyridine rings is 1. The van der Waals surface area contributed by atoms with Crippen LogP contribution in [0.4, 0.5) is 27.8 Å². The average molecular weight is 674 g/mol. The van der Waals surface area contributed by atoms with Crippen LogP contribution in [0.15, 0.2) is 65.6 Å². The fourth-order valence-corrected chi connectivity index (χ4v) is 5.84. The van der Waals surface area contributed by atoms with Crippen molar-refractivity contribution < 1.29 is 54.5 Å². The Balaban J connectivity index is 1.51. The van der Waals surface area contributed by atoms with Crippen LogP contribution in [0.3, 0.4) is 0 Å². The van der Waals surface area contributed by atoms with E-state index in [9.17, 15) is 40.3 Å². The number of hydrogen-bond acceptors (Lipinski definition) is 9. The van der Waals surface area contributed by atoms with Gasteiger partial charge in [0.15, 0.2) is 9.84 Å². The minimum absolute atomic E-state index is 0.00740. The van der Waals surface area contributed by atoms with E-state index in [4.69, 9.17) is 9.47 Å². The zero-order chi connectivity index (χ0) is 33.6. The Morgan fingerprint density at radius 1 is 1.09 bits per heavy atom. The predicted octanol–water partition coefficient (Wildman–Crippen LogP) is 4.63. The third-order valence-electron chi connectivity index (χ3n) is 7.36. The summed E-state index contributed by atoms with van der Waals surface area (Å²) >= 11 is 0. The number of carbonyl (C=O) groups excluding carboxylic acids is 1. The number of anilines is 1. The number of ether oxygens (including phenoxy) is 3. The number of benzene rings is 2. The minimum Gasteiger partial charge on any atom is -0.489 e. The number of aliphatic hydroxyl groups excluding tert-OH is 1. The standard InChI is InChI=1S/C30H32F5N3O7S/c1-3-46(41,42)23-10-4-18(5-11-23)25(16-39)36-27(40)24-12-13-26(37-28(24)43-2)38-15-22(14-20(38)17-44-29(31)32)45-21-8-6-19(7-9-21)30(33,34)35/h4-13,20,22,25,29,39H,3,14-17H2,1-2H3,(H,36,40)/t20-,22-,25-/m0/s1. The first-order valence-corrected chi connectivity index (χ1v) is 15.7. The number of amides is 1. The van der Waals surface area contributed by atoms with Crippen LogP contribution in [0, 0.1) is 0 Å². The van der Waals surface area contributed by atoms with Crippen LogP contribution < -0.4 is 19.7 Å². The molecule has 1 fully saturated rings. The third kappa shape index (κ3) is 8.41. The summed E-state index contributed by atoms with van der Waals surface area (Å²) in [5, 5.41) is 12.6. The molecule has 1 amide bonds. The molecule has 0 spiro atoms. The molecule has 1 aliphatic rings. The van der Waals surface area contributed by atoms with Gasteiger partial charge < -0.3 is 29.5 Å². The molecule has 0 bridgehead atoms. The number of hydrogen-bond donors (Lipinski definition) is 2. The van der Waals surface area contributed by atoms with Gasteiger partial charge in [-0.1, -0.05) is 19.1 Å². The van der Waals surface area contributed by atoms with E-state index in [0.29, 0.717) is 5.56 Å². The quantitative estimate of drug-likeness (QED) is 0.250. The first kappa shape index (κ1) is 34.8. The lowest BCUT2D eigenvalue weighted by Gasteiger charge is -2.26. The van der Waals surface area contributed by atoms with Gasteiger partial charge in [-0.05, 0) is 54.1 Å². The Bertz CT molecular complexity index is 1590. The van der Waals surface area contributed by atoms with Gasteiger partial charge in [0.1, 0.15) is 23.2 Å². The van der Waals surface area contributed by atoms with Crippen molar-refractivity contribution in [3.63, 3.8) is 0 Å². The fraction of sp³-hybridized carbons (Fsp3) is 0.400. The minimum atomic E-state index is -4.52. The van der Waals surface area contributed by atoms with Crippen molar-refractivity contribution in [1.82, 2.24) is 10.3 Å². The van der Waals surface area contributed by atoms with Crippen LogP contribution >= 0.6 is 0 Å². The Labute approximate surface area is 262 Å². The largest absolute Gasteiger partial charge is 0.489 e. The van der Waals surface area contributed by atoms with E-state index in [1.165, 1.54) is 62.6 Å². The molecule has 0 radical (unpaired) electrons. The number of nitrogens with one attached hydrogen (secondary N) is 1. The second-order valence-electron chi connectivity index (χ2n) is 10.3. The molecule has 0 unspecified atom stereocenters. The van der Waals surface area contributed by atoms with Gasteiger partial charge in [-0.15, -0.1) is 0 Å². The molecule has 3 atom stereocenters. The molecule has 0 aliphatic carbocycles. The van der Waals surface area contributed by atoms with E-state index >= 15 is 0 Å². The van der Waals surface area contributed by atoms with Crippen LogP contribution in [0.25, 0.3) is 0 Å². The summed E-state index contributed by atoms with van der Waals surface area (Å²) < 4.78 is 105. The molecule has 1 aromatic heterocycles. The van der Waals surface area contributed by atoms with Crippen molar-refractivity contribution in [3.05, 3.63) is 77.4 Å². The monoisotopic (exact) mass is 673 g/mol. The van der Waals surface area contributed by atoms with E-state index in [-0.39, 0.29) is 46.6 Å². The zero-order valence-electron chi connectivity index (χ0n) is 24.7. The van der Waals surface area contributed by atoms with Crippen LogP contribution in [-0.2, 0) is 20.8 Å². The molecule has 16 heteroatoms. The molecular weight excluding hydrogens is 641 g/mol. The van der Waals surface area contributed by atoms with Gasteiger partial charge in [0, 0.05) is 6.42 Å². The number of carbonyl (C=O) groups is 1. The summed E-state index contributed by atoms with van der Waals surface area (Å²) in [6, 6.07) is 11.2. The SMILES string of the molecule is CCS(=O)(=O)c1ccc([C@H](CO)NC(=O)c2ccc(N3C[C@@H](Oc4ccc(C(F)(F)F)cc4)C[C@H]3COC(F)F)nc2OC)cc1. The van der Waals surface area contributed by atoms with Crippen LogP contribution in [0.5, 0.6) is 11.6 Å². The Kier molecular flexibility index (Phi) is 11.1. The van der Waals surface area contributed by atoms with Gasteiger partial charge in [-0.25, -0.2) is 8.42 Å². The number of nitrogens with zero attached hydrogens (tertiary/aromatic N) is 2. The number of alkyl halides is 5. The average Bonchev–Trinajstić information content (AvgIpc) is 3.44. The highest BCUT2D eigenvalue weighted by molar-refractivity contribution is 7.91. The van der Waals surface area contributed by atoms with Gasteiger partial charge in [-0.2, -0.15) is 26.9 Å². The molecule has 4 rings (SSSR count). The van der Waals surface area contributed by atoms with Gasteiger partial charge in [-0.3, -0.25) is 4.79 Å². The summed E-state index contributed by atoms with van der Waals surface area (Å²) in [6.45, 7) is -2.33. The number of sulfone groups is 1. The summed E-state index contributed by atoms with van der Waals surface area (Å²) in [5.74, 6) is -0.467. The van der Waals surface area contributed by atoms with E-state index in [0.717, 1.165) is 12.1 Å². The van der Waals surface area contributed by atoms with Gasteiger partial charge >= 0.3 is 12.8 Å². The van der Waals surface area contributed by atoms with Crippen molar-refractivity contribution in [1.29, 1.82) is 0 Å². The Hall–Kier alpha value is -4.02. The van der Waals surface area contributed by atoms with Crippen molar-refractivity contribution >= 4 is 21.6 Å². The second kappa shape index (κ2) is 14.6. The molecule has 1 saturated heterocycles. The van der Waals surface area contributed by atoms with Crippen molar-refractivity contribution in [3.8, 4) is 11.6 Å². The van der Waals surface area contributed by atoms with Crippen molar-refractivity contribution in [2.75, 3.05) is 37.5 Å². The smallest absolute Gasteiger partial charge is 0.416 e. The number of rotatable bonds is 13. The maximum atomic E-state index is 13.2. The molecule has 2 aromatic carbocycles. The number of halogens is 5. The molecule has 0 saturated carbocycles. The molecule has 2 N–H and O–H groups in total. The molecular formula is C30H32F5N3O7S. The maximum Gasteiger partial charge on any atom is 0.416 e. The van der Waals surface area contributed by atoms with Gasteiger partial charge in [0.05, 0.1) is 55.2 Å².